The van der Waals surface area contributed by atoms with Crippen LogP contribution in [0.5, 0.6) is 0 Å². The monoisotopic (exact) mass is 442 g/mol. The summed E-state index contributed by atoms with van der Waals surface area (Å²) in [6.07, 6.45) is 7.03. The lowest BCUT2D eigenvalue weighted by Gasteiger charge is -2.22. The summed E-state index contributed by atoms with van der Waals surface area (Å²) in [5.74, 6) is -0.00183. The van der Waals surface area contributed by atoms with Crippen LogP contribution in [0.3, 0.4) is 0 Å². The van der Waals surface area contributed by atoms with Crippen molar-refractivity contribution in [2.24, 2.45) is 0 Å². The van der Waals surface area contributed by atoms with E-state index < -0.39 is 0 Å². The lowest BCUT2D eigenvalue weighted by Crippen LogP contribution is -2.29. The Morgan fingerprint density at radius 1 is 0.806 bits per heavy atom. The fraction of sp³-hybridized carbons (Fsp3) is 0.0833. The minimum absolute atomic E-state index is 0.00183. The number of thiophene rings is 1. The molecular formula is C24H18N4OS2. The van der Waals surface area contributed by atoms with Gasteiger partial charge in [-0.15, -0.1) is 22.7 Å². The van der Waals surface area contributed by atoms with Crippen molar-refractivity contribution in [3.05, 3.63) is 101 Å². The van der Waals surface area contributed by atoms with Crippen LogP contribution in [0.15, 0.2) is 85.5 Å². The molecule has 0 radical (unpaired) electrons. The maximum atomic E-state index is 13.5. The van der Waals surface area contributed by atoms with Crippen LogP contribution >= 0.6 is 22.7 Å². The fourth-order valence-corrected chi connectivity index (χ4v) is 5.32. The number of carbonyl (C=O) groups is 1. The third-order valence-corrected chi connectivity index (χ3v) is 7.11. The third kappa shape index (κ3) is 4.38. The van der Waals surface area contributed by atoms with Gasteiger partial charge in [0.05, 0.1) is 20.0 Å². The molecule has 5 rings (SSSR count). The average Bonchev–Trinajstić information content (AvgIpc) is 3.47. The van der Waals surface area contributed by atoms with Crippen LogP contribution in [0.4, 0.5) is 0 Å². The van der Waals surface area contributed by atoms with Gasteiger partial charge in [0.25, 0.3) is 5.91 Å². The summed E-state index contributed by atoms with van der Waals surface area (Å²) in [4.78, 5) is 30.0. The molecule has 0 bridgehead atoms. The summed E-state index contributed by atoms with van der Waals surface area (Å²) in [6, 6.07) is 19.7. The largest absolute Gasteiger partial charge is 0.329 e. The van der Waals surface area contributed by atoms with E-state index in [9.17, 15) is 4.79 Å². The number of nitrogens with zero attached hydrogens (tertiary/aromatic N) is 4. The Kier molecular flexibility index (Phi) is 5.52. The second-order valence-corrected chi connectivity index (χ2v) is 9.14. The van der Waals surface area contributed by atoms with E-state index in [0.29, 0.717) is 18.0 Å². The predicted octanol–water partition coefficient (Wildman–Crippen LogP) is 5.66. The molecule has 5 aromatic rings. The molecule has 1 amide bonds. The van der Waals surface area contributed by atoms with Gasteiger partial charge >= 0.3 is 0 Å². The molecule has 0 spiro atoms. The number of benzene rings is 1. The van der Waals surface area contributed by atoms with E-state index >= 15 is 0 Å². The standard InChI is InChI=1S/C24H18N4OS2/c29-24(22-8-7-21(30-22)23-27-19-5-1-2-6-20(19)31-23)28(15-17-9-12-25-13-10-17)16-18-4-3-11-26-14-18/h1-14H,15-16H2. The van der Waals surface area contributed by atoms with Crippen molar-refractivity contribution in [1.29, 1.82) is 0 Å². The zero-order valence-corrected chi connectivity index (χ0v) is 18.1. The lowest BCUT2D eigenvalue weighted by atomic mass is 10.2. The number of pyridine rings is 2. The number of rotatable bonds is 6. The smallest absolute Gasteiger partial charge is 0.264 e. The SMILES string of the molecule is O=C(c1ccc(-c2nc3ccccc3s2)s1)N(Cc1ccncc1)Cc1cccnc1. The molecule has 0 fully saturated rings. The molecule has 31 heavy (non-hydrogen) atoms. The van der Waals surface area contributed by atoms with E-state index in [1.165, 1.54) is 11.3 Å². The van der Waals surface area contributed by atoms with E-state index in [0.717, 1.165) is 31.2 Å². The Labute approximate surface area is 187 Å². The Morgan fingerprint density at radius 2 is 1.65 bits per heavy atom. The number of para-hydroxylation sites is 1. The minimum Gasteiger partial charge on any atom is -0.329 e. The van der Waals surface area contributed by atoms with Crippen molar-refractivity contribution in [2.45, 2.75) is 13.1 Å². The quantitative estimate of drug-likeness (QED) is 0.341. The summed E-state index contributed by atoms with van der Waals surface area (Å²) >= 11 is 3.14. The van der Waals surface area contributed by atoms with Gasteiger partial charge in [0.15, 0.2) is 0 Å². The second-order valence-electron chi connectivity index (χ2n) is 7.03. The van der Waals surface area contributed by atoms with Gasteiger partial charge < -0.3 is 4.90 Å². The molecule has 0 aliphatic heterocycles. The zero-order chi connectivity index (χ0) is 21.0. The van der Waals surface area contributed by atoms with Crippen molar-refractivity contribution in [2.75, 3.05) is 0 Å². The molecule has 152 valence electrons. The van der Waals surface area contributed by atoms with E-state index in [4.69, 9.17) is 4.98 Å². The van der Waals surface area contributed by atoms with Gasteiger partial charge in [-0.25, -0.2) is 4.98 Å². The fourth-order valence-electron chi connectivity index (χ4n) is 3.32. The molecular weight excluding hydrogens is 424 g/mol. The minimum atomic E-state index is -0.00183. The Balaban J connectivity index is 1.43. The highest BCUT2D eigenvalue weighted by molar-refractivity contribution is 7.26. The first-order valence-corrected chi connectivity index (χ1v) is 11.4. The van der Waals surface area contributed by atoms with Crippen LogP contribution in [0.2, 0.25) is 0 Å². The molecule has 0 aliphatic carbocycles. The van der Waals surface area contributed by atoms with Crippen LogP contribution in [0.25, 0.3) is 20.1 Å². The number of hydrogen-bond acceptors (Lipinski definition) is 6. The first kappa shape index (κ1) is 19.5. The molecule has 4 heterocycles. The summed E-state index contributed by atoms with van der Waals surface area (Å²) in [7, 11) is 0. The van der Waals surface area contributed by atoms with Crippen molar-refractivity contribution in [3.63, 3.8) is 0 Å². The van der Waals surface area contributed by atoms with Gasteiger partial charge in [0, 0.05) is 37.9 Å². The molecule has 0 aliphatic rings. The molecule has 1 aromatic carbocycles. The topological polar surface area (TPSA) is 59.0 Å². The summed E-state index contributed by atoms with van der Waals surface area (Å²) in [6.45, 7) is 0.994. The molecule has 7 heteroatoms. The van der Waals surface area contributed by atoms with Gasteiger partial charge in [-0.2, -0.15) is 0 Å². The second kappa shape index (κ2) is 8.75. The normalized spacial score (nSPS) is 11.0. The van der Waals surface area contributed by atoms with Crippen molar-refractivity contribution in [3.8, 4) is 9.88 Å². The van der Waals surface area contributed by atoms with Crippen LogP contribution < -0.4 is 0 Å². The number of hydrogen-bond donors (Lipinski definition) is 0. The summed E-state index contributed by atoms with van der Waals surface area (Å²) in [5, 5.41) is 0.943. The zero-order valence-electron chi connectivity index (χ0n) is 16.5. The number of amides is 1. The third-order valence-electron chi connectivity index (χ3n) is 4.83. The maximum Gasteiger partial charge on any atom is 0.264 e. The molecule has 5 nitrogen and oxygen atoms in total. The molecule has 0 atom stereocenters. The molecule has 0 saturated heterocycles. The van der Waals surface area contributed by atoms with Crippen LogP contribution in [0, 0.1) is 0 Å². The van der Waals surface area contributed by atoms with Gasteiger partial charge in [-0.05, 0) is 53.6 Å². The molecule has 0 N–H and O–H groups in total. The average molecular weight is 443 g/mol. The number of aromatic nitrogens is 3. The highest BCUT2D eigenvalue weighted by atomic mass is 32.1. The molecule has 0 unspecified atom stereocenters. The Hall–Kier alpha value is -3.42. The summed E-state index contributed by atoms with van der Waals surface area (Å²) in [5.41, 5.74) is 3.02. The number of fused-ring (bicyclic) bond motifs is 1. The van der Waals surface area contributed by atoms with Crippen LogP contribution in [0.1, 0.15) is 20.8 Å². The number of thiazole rings is 1. The first-order valence-electron chi connectivity index (χ1n) is 9.79. The Morgan fingerprint density at radius 3 is 2.45 bits per heavy atom. The molecule has 0 saturated carbocycles. The molecule has 4 aromatic heterocycles. The van der Waals surface area contributed by atoms with Crippen molar-refractivity contribution >= 4 is 38.8 Å². The first-order chi connectivity index (χ1) is 15.3. The lowest BCUT2D eigenvalue weighted by molar-refractivity contribution is 0.0735. The maximum absolute atomic E-state index is 13.5. The van der Waals surface area contributed by atoms with Gasteiger partial charge in [0.2, 0.25) is 0 Å². The summed E-state index contributed by atoms with van der Waals surface area (Å²) < 4.78 is 1.15. The highest BCUT2D eigenvalue weighted by Crippen LogP contribution is 2.35. The van der Waals surface area contributed by atoms with E-state index in [-0.39, 0.29) is 5.91 Å². The number of carbonyl (C=O) groups excluding carboxylic acids is 1. The Bertz CT molecular complexity index is 1240. The van der Waals surface area contributed by atoms with E-state index in [1.807, 2.05) is 59.5 Å². The predicted molar refractivity (Wildman–Crippen MR) is 125 cm³/mol. The van der Waals surface area contributed by atoms with Gasteiger partial charge in [-0.1, -0.05) is 18.2 Å². The van der Waals surface area contributed by atoms with Gasteiger partial charge in [-0.3, -0.25) is 14.8 Å². The van der Waals surface area contributed by atoms with E-state index in [2.05, 4.69) is 16.0 Å². The van der Waals surface area contributed by atoms with Crippen molar-refractivity contribution < 1.29 is 4.79 Å². The van der Waals surface area contributed by atoms with Gasteiger partial charge in [0.1, 0.15) is 5.01 Å². The highest BCUT2D eigenvalue weighted by Gasteiger charge is 2.20. The van der Waals surface area contributed by atoms with Crippen LogP contribution in [-0.2, 0) is 13.1 Å². The van der Waals surface area contributed by atoms with Crippen molar-refractivity contribution in [1.82, 2.24) is 19.9 Å². The van der Waals surface area contributed by atoms with E-state index in [1.54, 1.807) is 36.1 Å². The van der Waals surface area contributed by atoms with Crippen LogP contribution in [-0.4, -0.2) is 25.8 Å².